The molecule has 3 unspecified atom stereocenters. The fourth-order valence-electron chi connectivity index (χ4n) is 3.44. The van der Waals surface area contributed by atoms with Gasteiger partial charge >= 0.3 is 0 Å². The predicted molar refractivity (Wildman–Crippen MR) is 97.5 cm³/mol. The monoisotopic (exact) mass is 375 g/mol. The second kappa shape index (κ2) is 5.23. The van der Waals surface area contributed by atoms with Gasteiger partial charge in [0, 0.05) is 0 Å². The summed E-state index contributed by atoms with van der Waals surface area (Å²) in [6, 6.07) is 9.91. The van der Waals surface area contributed by atoms with Crippen molar-refractivity contribution in [2.45, 2.75) is 40.1 Å². The lowest BCUT2D eigenvalue weighted by Gasteiger charge is -2.60. The number of fused-ring (bicyclic) bond motifs is 1. The zero-order chi connectivity index (χ0) is 16.3. The first-order valence-electron chi connectivity index (χ1n) is 7.23. The summed E-state index contributed by atoms with van der Waals surface area (Å²) < 4.78 is -1.20. The number of rotatable bonds is 3. The van der Waals surface area contributed by atoms with Gasteiger partial charge in [-0.15, -0.1) is 23.5 Å². The number of alkyl halides is 2. The van der Waals surface area contributed by atoms with Crippen molar-refractivity contribution in [2.75, 3.05) is 6.26 Å². The summed E-state index contributed by atoms with van der Waals surface area (Å²) in [7, 11) is 0. The molecule has 2 aliphatic heterocycles. The van der Waals surface area contributed by atoms with Crippen LogP contribution in [-0.2, 0) is 9.67 Å². The van der Waals surface area contributed by atoms with Crippen molar-refractivity contribution in [3.63, 3.8) is 0 Å². The van der Waals surface area contributed by atoms with E-state index in [1.54, 1.807) is 23.5 Å². The van der Waals surface area contributed by atoms with Crippen LogP contribution in [0.3, 0.4) is 0 Å². The summed E-state index contributed by atoms with van der Waals surface area (Å²) in [4.78, 5) is 14.0. The van der Waals surface area contributed by atoms with Crippen LogP contribution >= 0.6 is 46.7 Å². The maximum atomic E-state index is 12.8. The van der Waals surface area contributed by atoms with E-state index in [2.05, 4.69) is 27.0 Å². The number of hydrogen-bond donors (Lipinski definition) is 0. The van der Waals surface area contributed by atoms with Gasteiger partial charge in [0.1, 0.15) is 0 Å². The first-order valence-corrected chi connectivity index (χ1v) is 10.2. The molecule has 0 radical (unpaired) electrons. The third kappa shape index (κ3) is 1.76. The summed E-state index contributed by atoms with van der Waals surface area (Å²) in [5.74, 6) is 0.122. The Bertz CT molecular complexity index is 609. The third-order valence-corrected chi connectivity index (χ3v) is 9.62. The maximum absolute atomic E-state index is 12.8. The molecule has 3 rings (SSSR count). The van der Waals surface area contributed by atoms with Gasteiger partial charge in [-0.2, -0.15) is 0 Å². The van der Waals surface area contributed by atoms with Crippen molar-refractivity contribution >= 4 is 52.6 Å². The highest BCUT2D eigenvalue weighted by Gasteiger charge is 2.81. The second-order valence-corrected chi connectivity index (χ2v) is 10.2. The van der Waals surface area contributed by atoms with Crippen molar-refractivity contribution in [1.82, 2.24) is 4.90 Å². The highest BCUT2D eigenvalue weighted by Crippen LogP contribution is 2.73. The van der Waals surface area contributed by atoms with Crippen LogP contribution in [0.4, 0.5) is 0 Å². The topological polar surface area (TPSA) is 20.3 Å². The number of benzene rings is 1. The molecule has 0 spiro atoms. The number of carbonyl (C=O) groups excluding carboxylic acids is 1. The standard InChI is InChI=1S/C16H19Cl2NOS2/c1-10(2)14(3)13(21-4)22-16(11-8-6-5-7-9-11)15(17,18)12(20)19(14)16/h5-10,13H,1-4H3. The zero-order valence-electron chi connectivity index (χ0n) is 13.0. The van der Waals surface area contributed by atoms with E-state index in [9.17, 15) is 4.79 Å². The minimum Gasteiger partial charge on any atom is -0.310 e. The van der Waals surface area contributed by atoms with E-state index in [0.717, 1.165) is 5.56 Å². The molecule has 2 nitrogen and oxygen atoms in total. The largest absolute Gasteiger partial charge is 0.310 e. The van der Waals surface area contributed by atoms with Gasteiger partial charge in [-0.05, 0) is 24.7 Å². The van der Waals surface area contributed by atoms with E-state index in [4.69, 9.17) is 23.2 Å². The van der Waals surface area contributed by atoms with Gasteiger partial charge in [0.05, 0.1) is 10.1 Å². The Morgan fingerprint density at radius 3 is 2.36 bits per heavy atom. The van der Waals surface area contributed by atoms with Crippen LogP contribution in [-0.4, -0.2) is 31.5 Å². The molecule has 22 heavy (non-hydrogen) atoms. The van der Waals surface area contributed by atoms with Crippen LogP contribution in [0, 0.1) is 5.92 Å². The molecule has 0 bridgehead atoms. The van der Waals surface area contributed by atoms with Crippen LogP contribution in [0.5, 0.6) is 0 Å². The Morgan fingerprint density at radius 2 is 1.86 bits per heavy atom. The van der Waals surface area contributed by atoms with Crippen molar-refractivity contribution in [3.05, 3.63) is 35.9 Å². The molecule has 2 heterocycles. The van der Waals surface area contributed by atoms with Crippen LogP contribution in [0.2, 0.25) is 0 Å². The van der Waals surface area contributed by atoms with Crippen molar-refractivity contribution in [1.29, 1.82) is 0 Å². The molecule has 1 aromatic carbocycles. The summed E-state index contributed by atoms with van der Waals surface area (Å²) in [6.07, 6.45) is 2.08. The molecule has 2 aliphatic rings. The molecule has 6 heteroatoms. The fourth-order valence-corrected chi connectivity index (χ4v) is 7.74. The predicted octanol–water partition coefficient (Wildman–Crippen LogP) is 4.71. The SMILES string of the molecule is CSC1SC2(c3ccccc3)N(C(=O)C2(Cl)Cl)C1(C)C(C)C. The summed E-state index contributed by atoms with van der Waals surface area (Å²) >= 11 is 16.6. The lowest BCUT2D eigenvalue weighted by molar-refractivity contribution is -0.162. The number of hydrogen-bond acceptors (Lipinski definition) is 3. The highest BCUT2D eigenvalue weighted by atomic mass is 35.5. The molecule has 0 N–H and O–H groups in total. The smallest absolute Gasteiger partial charge is 0.264 e. The molecule has 3 atom stereocenters. The number of nitrogens with zero attached hydrogens (tertiary/aromatic N) is 1. The van der Waals surface area contributed by atoms with Gasteiger partial charge in [-0.3, -0.25) is 4.79 Å². The number of halogens is 2. The van der Waals surface area contributed by atoms with Crippen molar-refractivity contribution in [3.8, 4) is 0 Å². The minimum absolute atomic E-state index is 0.181. The van der Waals surface area contributed by atoms with Crippen LogP contribution in [0.15, 0.2) is 30.3 Å². The number of carbonyl (C=O) groups is 1. The first kappa shape index (κ1) is 16.8. The molecular weight excluding hydrogens is 357 g/mol. The van der Waals surface area contributed by atoms with Crippen LogP contribution < -0.4 is 0 Å². The van der Waals surface area contributed by atoms with Gasteiger partial charge in [0.15, 0.2) is 4.87 Å². The summed E-state index contributed by atoms with van der Waals surface area (Å²) in [5.41, 5.74) is 0.706. The molecule has 0 saturated carbocycles. The molecule has 0 aliphatic carbocycles. The van der Waals surface area contributed by atoms with Crippen LogP contribution in [0.25, 0.3) is 0 Å². The van der Waals surface area contributed by atoms with E-state index < -0.39 is 9.20 Å². The minimum atomic E-state index is -1.42. The van der Waals surface area contributed by atoms with E-state index in [1.165, 1.54) is 0 Å². The summed E-state index contributed by atoms with van der Waals surface area (Å²) in [6.45, 7) is 6.46. The second-order valence-electron chi connectivity index (χ2n) is 6.29. The Labute approximate surface area is 150 Å². The Balaban J connectivity index is 2.21. The average Bonchev–Trinajstić information content (AvgIpc) is 2.77. The molecule has 120 valence electrons. The molecule has 1 aromatic rings. The van der Waals surface area contributed by atoms with E-state index in [0.29, 0.717) is 5.92 Å². The Kier molecular flexibility index (Phi) is 4.00. The molecule has 2 fully saturated rings. The first-order chi connectivity index (χ1) is 10.2. The third-order valence-electron chi connectivity index (χ3n) is 5.00. The van der Waals surface area contributed by atoms with Gasteiger partial charge < -0.3 is 4.90 Å². The van der Waals surface area contributed by atoms with E-state index in [-0.39, 0.29) is 16.0 Å². The molecule has 0 aromatic heterocycles. The van der Waals surface area contributed by atoms with Gasteiger partial charge in [0.25, 0.3) is 5.91 Å². The van der Waals surface area contributed by atoms with E-state index in [1.807, 2.05) is 35.2 Å². The zero-order valence-corrected chi connectivity index (χ0v) is 16.1. The lowest BCUT2D eigenvalue weighted by Crippen LogP contribution is -2.76. The molecule has 1 amide bonds. The number of β-lactam (4-membered cyclic amide) rings is 1. The molecular formula is C16H19Cl2NOS2. The van der Waals surface area contributed by atoms with Crippen molar-refractivity contribution < 1.29 is 4.79 Å². The van der Waals surface area contributed by atoms with Gasteiger partial charge in [-0.1, -0.05) is 67.4 Å². The lowest BCUT2D eigenvalue weighted by atomic mass is 9.80. The Morgan fingerprint density at radius 1 is 1.27 bits per heavy atom. The Hall–Kier alpha value is -0.0300. The average molecular weight is 376 g/mol. The molecule has 2 saturated heterocycles. The van der Waals surface area contributed by atoms with Crippen molar-refractivity contribution in [2.24, 2.45) is 5.92 Å². The van der Waals surface area contributed by atoms with Crippen LogP contribution in [0.1, 0.15) is 26.3 Å². The van der Waals surface area contributed by atoms with Gasteiger partial charge in [0.2, 0.25) is 4.33 Å². The van der Waals surface area contributed by atoms with Gasteiger partial charge in [-0.25, -0.2) is 0 Å². The number of amides is 1. The maximum Gasteiger partial charge on any atom is 0.264 e. The quantitative estimate of drug-likeness (QED) is 0.563. The fraction of sp³-hybridized carbons (Fsp3) is 0.562. The number of thioether (sulfide) groups is 2. The highest BCUT2D eigenvalue weighted by molar-refractivity contribution is 8.17. The normalized spacial score (nSPS) is 36.4. The van der Waals surface area contributed by atoms with E-state index >= 15 is 0 Å². The summed E-state index contributed by atoms with van der Waals surface area (Å²) in [5, 5.41) is 0.